The summed E-state index contributed by atoms with van der Waals surface area (Å²) < 4.78 is 4.48. The van der Waals surface area contributed by atoms with Crippen LogP contribution >= 0.6 is 0 Å². The van der Waals surface area contributed by atoms with Crippen LogP contribution in [0.4, 0.5) is 11.6 Å². The largest absolute Gasteiger partial charge is 0.468 e. The highest BCUT2D eigenvalue weighted by atomic mass is 16.5. The van der Waals surface area contributed by atoms with E-state index in [0.717, 1.165) is 5.56 Å². The monoisotopic (exact) mass is 211 g/mol. The first-order valence-electron chi connectivity index (χ1n) is 4.28. The molecule has 0 saturated carbocycles. The number of nitrogens with zero attached hydrogens (tertiary/aromatic N) is 2. The van der Waals surface area contributed by atoms with Gasteiger partial charge in [0.05, 0.1) is 7.11 Å². The number of esters is 1. The van der Waals surface area contributed by atoms with E-state index in [1.165, 1.54) is 13.4 Å². The summed E-state index contributed by atoms with van der Waals surface area (Å²) in [6.45, 7) is 1.84. The summed E-state index contributed by atoms with van der Waals surface area (Å²) in [6, 6.07) is 0. The van der Waals surface area contributed by atoms with Gasteiger partial charge in [0.15, 0.2) is 0 Å². The minimum absolute atomic E-state index is 0.0539. The molecule has 1 heterocycles. The Kier molecular flexibility index (Phi) is 3.81. The molecule has 0 bridgehead atoms. The molecule has 0 amide bonds. The molecule has 1 aromatic heterocycles. The van der Waals surface area contributed by atoms with Gasteiger partial charge in [0.1, 0.15) is 24.5 Å². The fourth-order valence-corrected chi connectivity index (χ4v) is 1.00. The number of hydrazine groups is 1. The normalized spacial score (nSPS) is 9.53. The topological polar surface area (TPSA) is 102 Å². The lowest BCUT2D eigenvalue weighted by Gasteiger charge is -2.09. The van der Waals surface area contributed by atoms with Crippen LogP contribution in [-0.4, -0.2) is 29.6 Å². The molecule has 0 aliphatic carbocycles. The van der Waals surface area contributed by atoms with E-state index in [0.29, 0.717) is 11.6 Å². The van der Waals surface area contributed by atoms with E-state index in [4.69, 9.17) is 5.84 Å². The highest BCUT2D eigenvalue weighted by molar-refractivity contribution is 5.75. The second-order valence-corrected chi connectivity index (χ2v) is 2.77. The molecule has 15 heavy (non-hydrogen) atoms. The summed E-state index contributed by atoms with van der Waals surface area (Å²) in [4.78, 5) is 18.8. The molecule has 0 fully saturated rings. The number of hydrogen-bond donors (Lipinski definition) is 3. The highest BCUT2D eigenvalue weighted by Crippen LogP contribution is 2.16. The van der Waals surface area contributed by atoms with Crippen LogP contribution in [0.3, 0.4) is 0 Å². The number of hydrogen-bond acceptors (Lipinski definition) is 7. The van der Waals surface area contributed by atoms with Crippen molar-refractivity contribution in [1.82, 2.24) is 9.97 Å². The van der Waals surface area contributed by atoms with Crippen molar-refractivity contribution in [2.45, 2.75) is 6.92 Å². The molecule has 0 aromatic carbocycles. The molecule has 0 atom stereocenters. The molecule has 0 unspecified atom stereocenters. The molecule has 0 radical (unpaired) electrons. The van der Waals surface area contributed by atoms with Gasteiger partial charge in [-0.15, -0.1) is 0 Å². The fourth-order valence-electron chi connectivity index (χ4n) is 1.00. The van der Waals surface area contributed by atoms with Crippen molar-refractivity contribution in [3.8, 4) is 0 Å². The molecule has 0 aliphatic rings. The number of rotatable bonds is 4. The summed E-state index contributed by atoms with van der Waals surface area (Å²) in [5.41, 5.74) is 3.17. The standard InChI is InChI=1S/C8H13N5O2/c1-5-7(10-3-6(14)15-2)11-4-12-8(5)13-9/h4H,3,9H2,1-2H3,(H2,10,11,12,13). The van der Waals surface area contributed by atoms with Gasteiger partial charge in [-0.05, 0) is 6.92 Å². The van der Waals surface area contributed by atoms with Crippen LogP contribution in [-0.2, 0) is 9.53 Å². The maximum absolute atomic E-state index is 10.9. The lowest BCUT2D eigenvalue weighted by atomic mass is 10.3. The predicted octanol–water partition coefficient (Wildman–Crippen LogP) is -0.344. The molecule has 7 heteroatoms. The van der Waals surface area contributed by atoms with Crippen molar-refractivity contribution < 1.29 is 9.53 Å². The smallest absolute Gasteiger partial charge is 0.325 e. The third-order valence-corrected chi connectivity index (χ3v) is 1.85. The first-order valence-corrected chi connectivity index (χ1v) is 4.28. The Morgan fingerprint density at radius 3 is 2.80 bits per heavy atom. The van der Waals surface area contributed by atoms with Crippen molar-refractivity contribution in [3.63, 3.8) is 0 Å². The number of nitrogens with two attached hydrogens (primary N) is 1. The molecular weight excluding hydrogens is 198 g/mol. The minimum atomic E-state index is -0.365. The average Bonchev–Trinajstić information content (AvgIpc) is 2.27. The van der Waals surface area contributed by atoms with Gasteiger partial charge < -0.3 is 15.5 Å². The SMILES string of the molecule is COC(=O)CNc1ncnc(NN)c1C. The fraction of sp³-hybridized carbons (Fsp3) is 0.375. The van der Waals surface area contributed by atoms with Crippen molar-refractivity contribution in [3.05, 3.63) is 11.9 Å². The number of methoxy groups -OCH3 is 1. The van der Waals surface area contributed by atoms with E-state index < -0.39 is 0 Å². The highest BCUT2D eigenvalue weighted by Gasteiger charge is 2.07. The summed E-state index contributed by atoms with van der Waals surface area (Å²) in [7, 11) is 1.32. The van der Waals surface area contributed by atoms with E-state index in [1.807, 2.05) is 0 Å². The predicted molar refractivity (Wildman–Crippen MR) is 55.1 cm³/mol. The number of anilines is 2. The van der Waals surface area contributed by atoms with Crippen molar-refractivity contribution >= 4 is 17.6 Å². The Bertz CT molecular complexity index is 355. The zero-order valence-electron chi connectivity index (χ0n) is 8.57. The van der Waals surface area contributed by atoms with E-state index in [9.17, 15) is 4.79 Å². The van der Waals surface area contributed by atoms with Gasteiger partial charge >= 0.3 is 5.97 Å². The summed E-state index contributed by atoms with van der Waals surface area (Å²) >= 11 is 0. The van der Waals surface area contributed by atoms with Crippen molar-refractivity contribution in [2.75, 3.05) is 24.4 Å². The van der Waals surface area contributed by atoms with Gasteiger partial charge in [-0.2, -0.15) is 0 Å². The van der Waals surface area contributed by atoms with E-state index in [1.54, 1.807) is 6.92 Å². The Balaban J connectivity index is 2.73. The van der Waals surface area contributed by atoms with E-state index in [-0.39, 0.29) is 12.5 Å². The van der Waals surface area contributed by atoms with Crippen LogP contribution in [0.25, 0.3) is 0 Å². The number of ether oxygens (including phenoxy) is 1. The molecule has 0 saturated heterocycles. The van der Waals surface area contributed by atoms with Crippen molar-refractivity contribution in [1.29, 1.82) is 0 Å². The van der Waals surface area contributed by atoms with Gasteiger partial charge in [-0.3, -0.25) is 4.79 Å². The number of carbonyl (C=O) groups is 1. The van der Waals surface area contributed by atoms with Gasteiger partial charge in [0, 0.05) is 5.56 Å². The maximum atomic E-state index is 10.9. The Labute approximate surface area is 87.0 Å². The average molecular weight is 211 g/mol. The number of carbonyl (C=O) groups excluding carboxylic acids is 1. The van der Waals surface area contributed by atoms with Gasteiger partial charge in [-0.25, -0.2) is 15.8 Å². The Hall–Kier alpha value is -1.89. The van der Waals surface area contributed by atoms with E-state index in [2.05, 4.69) is 25.4 Å². The van der Waals surface area contributed by atoms with Crippen LogP contribution in [0.5, 0.6) is 0 Å². The molecule has 0 spiro atoms. The van der Waals surface area contributed by atoms with Gasteiger partial charge in [0.2, 0.25) is 0 Å². The van der Waals surface area contributed by atoms with Gasteiger partial charge in [0.25, 0.3) is 0 Å². The first kappa shape index (κ1) is 11.2. The van der Waals surface area contributed by atoms with Crippen molar-refractivity contribution in [2.24, 2.45) is 5.84 Å². The zero-order chi connectivity index (χ0) is 11.3. The summed E-state index contributed by atoms with van der Waals surface area (Å²) in [6.07, 6.45) is 1.35. The lowest BCUT2D eigenvalue weighted by Crippen LogP contribution is -2.18. The molecule has 0 aliphatic heterocycles. The maximum Gasteiger partial charge on any atom is 0.325 e. The molecule has 4 N–H and O–H groups in total. The quantitative estimate of drug-likeness (QED) is 0.355. The lowest BCUT2D eigenvalue weighted by molar-refractivity contribution is -0.138. The Morgan fingerprint density at radius 1 is 1.53 bits per heavy atom. The molecular formula is C8H13N5O2. The summed E-state index contributed by atoms with van der Waals surface area (Å²) in [5, 5.41) is 2.82. The Morgan fingerprint density at radius 2 is 2.20 bits per heavy atom. The molecule has 1 aromatic rings. The first-order chi connectivity index (χ1) is 7.19. The second-order valence-electron chi connectivity index (χ2n) is 2.77. The van der Waals surface area contributed by atoms with Crippen LogP contribution in [0.2, 0.25) is 0 Å². The third kappa shape index (κ3) is 2.78. The molecule has 82 valence electrons. The van der Waals surface area contributed by atoms with Gasteiger partial charge in [-0.1, -0.05) is 0 Å². The van der Waals surface area contributed by atoms with E-state index >= 15 is 0 Å². The molecule has 7 nitrogen and oxygen atoms in total. The third-order valence-electron chi connectivity index (χ3n) is 1.85. The number of nitrogen functional groups attached to an aromatic ring is 1. The second kappa shape index (κ2) is 5.11. The zero-order valence-corrected chi connectivity index (χ0v) is 8.57. The van der Waals surface area contributed by atoms with Crippen LogP contribution in [0, 0.1) is 6.92 Å². The van der Waals surface area contributed by atoms with Crippen LogP contribution in [0.1, 0.15) is 5.56 Å². The summed E-state index contributed by atoms with van der Waals surface area (Å²) in [5.74, 6) is 5.93. The van der Waals surface area contributed by atoms with Crippen LogP contribution < -0.4 is 16.6 Å². The minimum Gasteiger partial charge on any atom is -0.468 e. The molecule has 1 rings (SSSR count). The number of aromatic nitrogens is 2. The number of nitrogens with one attached hydrogen (secondary N) is 2. The van der Waals surface area contributed by atoms with Crippen LogP contribution in [0.15, 0.2) is 6.33 Å².